The van der Waals surface area contributed by atoms with Crippen molar-refractivity contribution in [3.63, 3.8) is 0 Å². The summed E-state index contributed by atoms with van der Waals surface area (Å²) in [5, 5.41) is 15.2. The van der Waals surface area contributed by atoms with Gasteiger partial charge >= 0.3 is 0 Å². The van der Waals surface area contributed by atoms with Crippen molar-refractivity contribution in [2.45, 2.75) is 46.2 Å². The van der Waals surface area contributed by atoms with Gasteiger partial charge in [-0.3, -0.25) is 14.9 Å². The predicted octanol–water partition coefficient (Wildman–Crippen LogP) is 5.20. The van der Waals surface area contributed by atoms with E-state index in [0.29, 0.717) is 30.2 Å². The van der Waals surface area contributed by atoms with E-state index in [0.717, 1.165) is 12.0 Å². The first kappa shape index (κ1) is 22.7. The van der Waals surface area contributed by atoms with Gasteiger partial charge in [0.15, 0.2) is 0 Å². The van der Waals surface area contributed by atoms with E-state index in [1.807, 2.05) is 37.8 Å². The topological polar surface area (TPSA) is 75.5 Å². The summed E-state index contributed by atoms with van der Waals surface area (Å²) in [7, 11) is 0. The van der Waals surface area contributed by atoms with Gasteiger partial charge in [0.25, 0.3) is 5.69 Å². The van der Waals surface area contributed by atoms with Crippen LogP contribution in [0.5, 0.6) is 0 Å². The number of hydrogen-bond donors (Lipinski definition) is 1. The summed E-state index contributed by atoms with van der Waals surface area (Å²) >= 11 is 5.92. The van der Waals surface area contributed by atoms with Crippen molar-refractivity contribution in [3.8, 4) is 0 Å². The maximum atomic E-state index is 13.1. The van der Waals surface area contributed by atoms with Crippen molar-refractivity contribution >= 4 is 28.9 Å². The van der Waals surface area contributed by atoms with Crippen LogP contribution in [-0.2, 0) is 11.3 Å². The van der Waals surface area contributed by atoms with E-state index in [-0.39, 0.29) is 17.5 Å². The molecule has 29 heavy (non-hydrogen) atoms. The molecule has 0 aliphatic rings. The number of carbonyl (C=O) groups excluding carboxylic acids is 1. The van der Waals surface area contributed by atoms with Gasteiger partial charge in [0.2, 0.25) is 5.91 Å². The lowest BCUT2D eigenvalue weighted by molar-refractivity contribution is -0.384. The molecule has 1 amide bonds. The number of para-hydroxylation sites is 2. The number of amides is 1. The first-order valence-electron chi connectivity index (χ1n) is 9.85. The molecule has 0 aromatic heterocycles. The zero-order valence-electron chi connectivity index (χ0n) is 17.1. The van der Waals surface area contributed by atoms with Crippen LogP contribution in [-0.4, -0.2) is 23.4 Å². The number of nitrogens with one attached hydrogen (secondary N) is 1. The average Bonchev–Trinajstić information content (AvgIpc) is 2.69. The Kier molecular flexibility index (Phi) is 8.46. The fraction of sp³-hybridized carbons (Fsp3) is 0.409. The van der Waals surface area contributed by atoms with E-state index in [9.17, 15) is 14.9 Å². The summed E-state index contributed by atoms with van der Waals surface area (Å²) in [6.07, 6.45) is 1.36. The van der Waals surface area contributed by atoms with Crippen molar-refractivity contribution in [2.75, 3.05) is 11.4 Å². The third-order valence-electron chi connectivity index (χ3n) is 4.61. The summed E-state index contributed by atoms with van der Waals surface area (Å²) in [6.45, 7) is 7.02. The SMILES string of the molecule is CCCN(c1ccccc1[N+](=O)[O-])C(CC(C)C)C(=O)NCc1ccc(Cl)cc1. The van der Waals surface area contributed by atoms with Crippen LogP contribution < -0.4 is 10.2 Å². The van der Waals surface area contributed by atoms with Gasteiger partial charge in [0.05, 0.1) is 4.92 Å². The molecule has 0 heterocycles. The molecule has 1 N–H and O–H groups in total. The number of nitro benzene ring substituents is 1. The highest BCUT2D eigenvalue weighted by Crippen LogP contribution is 2.31. The molecule has 2 rings (SSSR count). The zero-order chi connectivity index (χ0) is 21.4. The van der Waals surface area contributed by atoms with Gasteiger partial charge in [-0.05, 0) is 42.5 Å². The molecule has 2 aromatic rings. The summed E-state index contributed by atoms with van der Waals surface area (Å²) < 4.78 is 0. The highest BCUT2D eigenvalue weighted by atomic mass is 35.5. The molecule has 1 atom stereocenters. The third kappa shape index (κ3) is 6.46. The van der Waals surface area contributed by atoms with Crippen molar-refractivity contribution in [1.82, 2.24) is 5.32 Å². The molecule has 1 unspecified atom stereocenters. The van der Waals surface area contributed by atoms with Gasteiger partial charge in [-0.25, -0.2) is 0 Å². The van der Waals surface area contributed by atoms with E-state index in [1.165, 1.54) is 6.07 Å². The van der Waals surface area contributed by atoms with Crippen molar-refractivity contribution < 1.29 is 9.72 Å². The molecule has 2 aromatic carbocycles. The quantitative estimate of drug-likeness (QED) is 0.426. The van der Waals surface area contributed by atoms with Gasteiger partial charge < -0.3 is 10.2 Å². The first-order chi connectivity index (χ1) is 13.8. The Morgan fingerprint density at radius 2 is 1.83 bits per heavy atom. The maximum Gasteiger partial charge on any atom is 0.292 e. The summed E-state index contributed by atoms with van der Waals surface area (Å²) in [4.78, 5) is 26.2. The minimum atomic E-state index is -0.497. The molecule has 0 saturated heterocycles. The van der Waals surface area contributed by atoms with Gasteiger partial charge in [-0.15, -0.1) is 0 Å². The van der Waals surface area contributed by atoms with E-state index >= 15 is 0 Å². The molecular formula is C22H28ClN3O3. The van der Waals surface area contributed by atoms with Crippen molar-refractivity contribution in [2.24, 2.45) is 5.92 Å². The lowest BCUT2D eigenvalue weighted by Gasteiger charge is -2.33. The third-order valence-corrected chi connectivity index (χ3v) is 4.86. The number of hydrogen-bond acceptors (Lipinski definition) is 4. The van der Waals surface area contributed by atoms with Gasteiger partial charge in [-0.2, -0.15) is 0 Å². The van der Waals surface area contributed by atoms with E-state index < -0.39 is 11.0 Å². The van der Waals surface area contributed by atoms with Crippen molar-refractivity contribution in [1.29, 1.82) is 0 Å². The number of anilines is 1. The Hall–Kier alpha value is -2.60. The number of rotatable bonds is 10. The first-order valence-corrected chi connectivity index (χ1v) is 10.2. The Morgan fingerprint density at radius 1 is 1.17 bits per heavy atom. The Morgan fingerprint density at radius 3 is 2.41 bits per heavy atom. The molecule has 0 saturated carbocycles. The number of benzene rings is 2. The normalized spacial score (nSPS) is 11.9. The standard InChI is InChI=1S/C22H28ClN3O3/c1-4-13-25(19-7-5-6-8-20(19)26(28)29)21(14-16(2)3)22(27)24-15-17-9-11-18(23)12-10-17/h5-12,16,21H,4,13-15H2,1-3H3,(H,24,27). The number of halogens is 1. The van der Waals surface area contributed by atoms with Crippen LogP contribution in [0.2, 0.25) is 5.02 Å². The minimum Gasteiger partial charge on any atom is -0.354 e. The maximum absolute atomic E-state index is 13.1. The Labute approximate surface area is 177 Å². The van der Waals surface area contributed by atoms with E-state index in [4.69, 9.17) is 11.6 Å². The second-order valence-corrected chi connectivity index (χ2v) is 7.87. The minimum absolute atomic E-state index is 0.0141. The van der Waals surface area contributed by atoms with Gasteiger partial charge in [0, 0.05) is 24.2 Å². The monoisotopic (exact) mass is 417 g/mol. The molecule has 0 aliphatic heterocycles. The largest absolute Gasteiger partial charge is 0.354 e. The number of nitro groups is 1. The van der Waals surface area contributed by atoms with Gasteiger partial charge in [-0.1, -0.05) is 56.6 Å². The summed E-state index contributed by atoms with van der Waals surface area (Å²) in [6, 6.07) is 13.4. The van der Waals surface area contributed by atoms with Crippen LogP contribution in [0.4, 0.5) is 11.4 Å². The number of carbonyl (C=O) groups is 1. The highest BCUT2D eigenvalue weighted by Gasteiger charge is 2.30. The summed E-state index contributed by atoms with van der Waals surface area (Å²) in [5.41, 5.74) is 1.44. The molecule has 0 fully saturated rings. The van der Waals surface area contributed by atoms with Crippen LogP contribution >= 0.6 is 11.6 Å². The van der Waals surface area contributed by atoms with Crippen LogP contribution in [0.1, 0.15) is 39.2 Å². The predicted molar refractivity (Wildman–Crippen MR) is 117 cm³/mol. The fourth-order valence-electron chi connectivity index (χ4n) is 3.28. The molecule has 0 radical (unpaired) electrons. The van der Waals surface area contributed by atoms with Crippen LogP contribution in [0, 0.1) is 16.0 Å². The molecule has 0 spiro atoms. The molecule has 6 nitrogen and oxygen atoms in total. The molecular weight excluding hydrogens is 390 g/mol. The average molecular weight is 418 g/mol. The van der Waals surface area contributed by atoms with Crippen LogP contribution in [0.3, 0.4) is 0 Å². The Bertz CT molecular complexity index is 824. The second kappa shape index (κ2) is 10.8. The van der Waals surface area contributed by atoms with Crippen molar-refractivity contribution in [3.05, 3.63) is 69.2 Å². The number of nitrogens with zero attached hydrogens (tertiary/aromatic N) is 2. The molecule has 156 valence electrons. The van der Waals surface area contributed by atoms with E-state index in [1.54, 1.807) is 30.3 Å². The Balaban J connectivity index is 2.30. The fourth-order valence-corrected chi connectivity index (χ4v) is 3.40. The zero-order valence-corrected chi connectivity index (χ0v) is 17.9. The van der Waals surface area contributed by atoms with Crippen LogP contribution in [0.25, 0.3) is 0 Å². The molecule has 0 bridgehead atoms. The lowest BCUT2D eigenvalue weighted by atomic mass is 10.00. The second-order valence-electron chi connectivity index (χ2n) is 7.43. The van der Waals surface area contributed by atoms with Gasteiger partial charge in [0.1, 0.15) is 11.7 Å². The summed E-state index contributed by atoms with van der Waals surface area (Å²) in [5.74, 6) is 0.114. The smallest absolute Gasteiger partial charge is 0.292 e. The molecule has 7 heteroatoms. The lowest BCUT2D eigenvalue weighted by Crippen LogP contribution is -2.48. The van der Waals surface area contributed by atoms with Crippen LogP contribution in [0.15, 0.2) is 48.5 Å². The molecule has 0 aliphatic carbocycles. The van der Waals surface area contributed by atoms with E-state index in [2.05, 4.69) is 5.32 Å². The highest BCUT2D eigenvalue weighted by molar-refractivity contribution is 6.30.